The summed E-state index contributed by atoms with van der Waals surface area (Å²) in [6.07, 6.45) is 1.49. The monoisotopic (exact) mass is 393 g/mol. The SMILES string of the molecule is C[C@H](Nc1ccc(C(=O)Nc2nncs2)cn1)c1ccc(Cl)cc1Cl. The van der Waals surface area contributed by atoms with Crippen LogP contribution in [0.3, 0.4) is 0 Å². The first-order valence-corrected chi connectivity index (χ1v) is 8.91. The van der Waals surface area contributed by atoms with E-state index in [0.717, 1.165) is 5.56 Å². The molecule has 1 amide bonds. The zero-order valence-corrected chi connectivity index (χ0v) is 15.4. The highest BCUT2D eigenvalue weighted by molar-refractivity contribution is 7.13. The van der Waals surface area contributed by atoms with Crippen molar-refractivity contribution < 1.29 is 4.79 Å². The smallest absolute Gasteiger partial charge is 0.259 e. The van der Waals surface area contributed by atoms with E-state index in [0.29, 0.717) is 26.6 Å². The number of carbonyl (C=O) groups is 1. The summed E-state index contributed by atoms with van der Waals surface area (Å²) >= 11 is 13.4. The molecule has 0 spiro atoms. The van der Waals surface area contributed by atoms with Gasteiger partial charge in [0.05, 0.1) is 11.6 Å². The van der Waals surface area contributed by atoms with Crippen LogP contribution in [0.2, 0.25) is 10.0 Å². The number of anilines is 2. The molecule has 0 aliphatic rings. The van der Waals surface area contributed by atoms with Crippen LogP contribution in [0.1, 0.15) is 28.9 Å². The average Bonchev–Trinajstić information content (AvgIpc) is 3.08. The molecular formula is C16H13Cl2N5OS. The van der Waals surface area contributed by atoms with E-state index < -0.39 is 0 Å². The maximum Gasteiger partial charge on any atom is 0.259 e. The topological polar surface area (TPSA) is 79.8 Å². The number of halogens is 2. The molecular weight excluding hydrogens is 381 g/mol. The summed E-state index contributed by atoms with van der Waals surface area (Å²) in [6.45, 7) is 1.97. The van der Waals surface area contributed by atoms with Gasteiger partial charge in [0, 0.05) is 16.2 Å². The number of hydrogen-bond acceptors (Lipinski definition) is 6. The molecule has 3 rings (SSSR count). The Hall–Kier alpha value is -2.22. The van der Waals surface area contributed by atoms with E-state index >= 15 is 0 Å². The van der Waals surface area contributed by atoms with Gasteiger partial charge in [0.25, 0.3) is 5.91 Å². The summed E-state index contributed by atoms with van der Waals surface area (Å²) in [6, 6.07) is 8.70. The standard InChI is InChI=1S/C16H13Cl2N5OS/c1-9(12-4-3-11(17)6-13(12)18)21-14-5-2-10(7-19-14)15(24)22-16-23-20-8-25-16/h2-9H,1H3,(H,19,21)(H,22,23,24)/t9-/m0/s1. The number of hydrogen-bond donors (Lipinski definition) is 2. The molecule has 0 radical (unpaired) electrons. The van der Waals surface area contributed by atoms with Crippen LogP contribution in [0.4, 0.5) is 10.9 Å². The molecule has 0 saturated heterocycles. The van der Waals surface area contributed by atoms with Crippen molar-refractivity contribution >= 4 is 51.4 Å². The number of nitrogens with one attached hydrogen (secondary N) is 2. The quantitative estimate of drug-likeness (QED) is 0.658. The molecule has 128 valence electrons. The second-order valence-corrected chi connectivity index (χ2v) is 6.84. The molecule has 0 aliphatic heterocycles. The summed E-state index contributed by atoms with van der Waals surface area (Å²) in [5.74, 6) is 0.343. The molecule has 25 heavy (non-hydrogen) atoms. The Bertz CT molecular complexity index is 871. The first-order valence-electron chi connectivity index (χ1n) is 7.28. The number of nitrogens with zero attached hydrogens (tertiary/aromatic N) is 3. The fraction of sp³-hybridized carbons (Fsp3) is 0.125. The van der Waals surface area contributed by atoms with Gasteiger partial charge in [-0.15, -0.1) is 10.2 Å². The molecule has 0 unspecified atom stereocenters. The number of aromatic nitrogens is 3. The van der Waals surface area contributed by atoms with Crippen LogP contribution in [0.25, 0.3) is 0 Å². The lowest BCUT2D eigenvalue weighted by Crippen LogP contribution is -2.13. The van der Waals surface area contributed by atoms with Gasteiger partial charge in [0.15, 0.2) is 0 Å². The second kappa shape index (κ2) is 7.77. The predicted molar refractivity (Wildman–Crippen MR) is 101 cm³/mol. The third kappa shape index (κ3) is 4.45. The number of rotatable bonds is 5. The van der Waals surface area contributed by atoms with Crippen molar-refractivity contribution in [1.82, 2.24) is 15.2 Å². The maximum atomic E-state index is 12.1. The summed E-state index contributed by atoms with van der Waals surface area (Å²) in [7, 11) is 0. The van der Waals surface area contributed by atoms with Crippen molar-refractivity contribution in [3.05, 3.63) is 63.2 Å². The van der Waals surface area contributed by atoms with Gasteiger partial charge in [-0.1, -0.05) is 40.6 Å². The molecule has 0 aliphatic carbocycles. The van der Waals surface area contributed by atoms with Gasteiger partial charge in [-0.05, 0) is 36.8 Å². The highest BCUT2D eigenvalue weighted by Gasteiger charge is 2.12. The van der Waals surface area contributed by atoms with E-state index in [1.54, 1.807) is 29.8 Å². The molecule has 0 bridgehead atoms. The summed E-state index contributed by atoms with van der Waals surface area (Å²) in [5.41, 5.74) is 2.88. The second-order valence-electron chi connectivity index (χ2n) is 5.16. The average molecular weight is 394 g/mol. The summed E-state index contributed by atoms with van der Waals surface area (Å²) in [4.78, 5) is 16.3. The molecule has 2 heterocycles. The fourth-order valence-electron chi connectivity index (χ4n) is 2.16. The van der Waals surface area contributed by atoms with Crippen LogP contribution in [0, 0.1) is 0 Å². The largest absolute Gasteiger partial charge is 0.363 e. The number of amides is 1. The van der Waals surface area contributed by atoms with Crippen molar-refractivity contribution in [1.29, 1.82) is 0 Å². The van der Waals surface area contributed by atoms with E-state index in [-0.39, 0.29) is 11.9 Å². The molecule has 0 saturated carbocycles. The Morgan fingerprint density at radius 2 is 2.08 bits per heavy atom. The van der Waals surface area contributed by atoms with Crippen LogP contribution >= 0.6 is 34.5 Å². The lowest BCUT2D eigenvalue weighted by atomic mass is 10.1. The van der Waals surface area contributed by atoms with Crippen LogP contribution in [-0.2, 0) is 0 Å². The molecule has 3 aromatic rings. The number of carbonyl (C=O) groups excluding carboxylic acids is 1. The Kier molecular flexibility index (Phi) is 5.47. The summed E-state index contributed by atoms with van der Waals surface area (Å²) in [5, 5.41) is 14.9. The zero-order valence-electron chi connectivity index (χ0n) is 13.0. The minimum atomic E-state index is -0.287. The van der Waals surface area contributed by atoms with Crippen LogP contribution in [0.15, 0.2) is 42.0 Å². The zero-order chi connectivity index (χ0) is 17.8. The summed E-state index contributed by atoms with van der Waals surface area (Å²) < 4.78 is 0. The molecule has 0 fully saturated rings. The minimum Gasteiger partial charge on any atom is -0.363 e. The van der Waals surface area contributed by atoms with Crippen molar-refractivity contribution in [3.8, 4) is 0 Å². The van der Waals surface area contributed by atoms with Gasteiger partial charge in [0.2, 0.25) is 5.13 Å². The Morgan fingerprint density at radius 1 is 1.24 bits per heavy atom. The number of pyridine rings is 1. The molecule has 2 aromatic heterocycles. The fourth-order valence-corrected chi connectivity index (χ4v) is 3.17. The van der Waals surface area contributed by atoms with E-state index in [2.05, 4.69) is 25.8 Å². The van der Waals surface area contributed by atoms with E-state index in [9.17, 15) is 4.79 Å². The van der Waals surface area contributed by atoms with Gasteiger partial charge < -0.3 is 5.32 Å². The highest BCUT2D eigenvalue weighted by Crippen LogP contribution is 2.28. The Balaban J connectivity index is 1.66. The molecule has 2 N–H and O–H groups in total. The van der Waals surface area contributed by atoms with Gasteiger partial charge in [-0.3, -0.25) is 10.1 Å². The van der Waals surface area contributed by atoms with Crippen molar-refractivity contribution in [3.63, 3.8) is 0 Å². The van der Waals surface area contributed by atoms with Crippen molar-refractivity contribution in [2.45, 2.75) is 13.0 Å². The highest BCUT2D eigenvalue weighted by atomic mass is 35.5. The van der Waals surface area contributed by atoms with Crippen LogP contribution < -0.4 is 10.6 Å². The lowest BCUT2D eigenvalue weighted by molar-refractivity contribution is 0.102. The van der Waals surface area contributed by atoms with E-state index in [4.69, 9.17) is 23.2 Å². The predicted octanol–water partition coefficient (Wildman–Crippen LogP) is 4.67. The normalized spacial score (nSPS) is 11.8. The molecule has 1 aromatic carbocycles. The van der Waals surface area contributed by atoms with E-state index in [1.807, 2.05) is 13.0 Å². The first kappa shape index (κ1) is 17.6. The minimum absolute atomic E-state index is 0.0710. The van der Waals surface area contributed by atoms with Gasteiger partial charge in [0.1, 0.15) is 11.3 Å². The Morgan fingerprint density at radius 3 is 2.72 bits per heavy atom. The Labute approximate surface area is 158 Å². The van der Waals surface area contributed by atoms with Crippen LogP contribution in [0.5, 0.6) is 0 Å². The maximum absolute atomic E-state index is 12.1. The molecule has 1 atom stereocenters. The molecule has 9 heteroatoms. The van der Waals surface area contributed by atoms with Gasteiger partial charge >= 0.3 is 0 Å². The number of benzene rings is 1. The lowest BCUT2D eigenvalue weighted by Gasteiger charge is -2.16. The van der Waals surface area contributed by atoms with Crippen molar-refractivity contribution in [2.24, 2.45) is 0 Å². The van der Waals surface area contributed by atoms with E-state index in [1.165, 1.54) is 17.5 Å². The van der Waals surface area contributed by atoms with Crippen LogP contribution in [-0.4, -0.2) is 21.1 Å². The first-order chi connectivity index (χ1) is 12.0. The van der Waals surface area contributed by atoms with Gasteiger partial charge in [-0.2, -0.15) is 0 Å². The molecule has 6 nitrogen and oxygen atoms in total. The van der Waals surface area contributed by atoms with Crippen molar-refractivity contribution in [2.75, 3.05) is 10.6 Å². The van der Waals surface area contributed by atoms with Gasteiger partial charge in [-0.25, -0.2) is 4.98 Å². The third-order valence-electron chi connectivity index (χ3n) is 3.40. The third-order valence-corrected chi connectivity index (χ3v) is 4.57.